The topological polar surface area (TPSA) is 12.0 Å². The van der Waals surface area contributed by atoms with E-state index in [0.29, 0.717) is 5.41 Å². The largest absolute Gasteiger partial charge is 0.316 e. The minimum absolute atomic E-state index is 0.624. The van der Waals surface area contributed by atoms with Crippen LogP contribution in [0, 0.1) is 23.2 Å². The van der Waals surface area contributed by atoms with Crippen molar-refractivity contribution in [1.29, 1.82) is 0 Å². The lowest BCUT2D eigenvalue weighted by molar-refractivity contribution is 0.232. The van der Waals surface area contributed by atoms with Crippen LogP contribution in [0.5, 0.6) is 0 Å². The van der Waals surface area contributed by atoms with Gasteiger partial charge in [0.15, 0.2) is 0 Å². The van der Waals surface area contributed by atoms with Crippen LogP contribution in [0.4, 0.5) is 0 Å². The van der Waals surface area contributed by atoms with Gasteiger partial charge in [0, 0.05) is 6.54 Å². The zero-order valence-corrected chi connectivity index (χ0v) is 7.01. The van der Waals surface area contributed by atoms with E-state index in [1.165, 1.54) is 19.5 Å². The summed E-state index contributed by atoms with van der Waals surface area (Å²) in [4.78, 5) is 0. The Balaban J connectivity index is 2.06. The summed E-state index contributed by atoms with van der Waals surface area (Å²) in [6, 6.07) is 0. The van der Waals surface area contributed by atoms with Gasteiger partial charge in [0.05, 0.1) is 0 Å². The monoisotopic (exact) mass is 149 g/mol. The third-order valence-electron chi connectivity index (χ3n) is 4.20. The van der Waals surface area contributed by atoms with E-state index in [0.717, 1.165) is 17.8 Å². The highest BCUT2D eigenvalue weighted by atomic mass is 15.0. The lowest BCUT2D eigenvalue weighted by atomic mass is 9.72. The molecule has 0 aromatic carbocycles. The molecule has 60 valence electrons. The van der Waals surface area contributed by atoms with E-state index >= 15 is 0 Å². The molecule has 0 aromatic rings. The Labute approximate surface area is 67.9 Å². The summed E-state index contributed by atoms with van der Waals surface area (Å²) in [7, 11) is 0. The average molecular weight is 149 g/mol. The molecular weight excluding hydrogens is 134 g/mol. The fourth-order valence-electron chi connectivity index (χ4n) is 3.42. The summed E-state index contributed by atoms with van der Waals surface area (Å²) in [5.41, 5.74) is 0.624. The number of hydrogen-bond donors (Lipinski definition) is 1. The van der Waals surface area contributed by atoms with Gasteiger partial charge in [-0.3, -0.25) is 0 Å². The van der Waals surface area contributed by atoms with Crippen LogP contribution in [0.25, 0.3) is 0 Å². The van der Waals surface area contributed by atoms with Crippen LogP contribution in [-0.4, -0.2) is 13.1 Å². The molecule has 1 saturated heterocycles. The Bertz CT molecular complexity index is 221. The Morgan fingerprint density at radius 3 is 3.18 bits per heavy atom. The maximum Gasteiger partial charge on any atom is 0.00143 e. The molecule has 0 unspecified atom stereocenters. The molecule has 1 saturated carbocycles. The van der Waals surface area contributed by atoms with Gasteiger partial charge in [-0.25, -0.2) is 0 Å². The van der Waals surface area contributed by atoms with Gasteiger partial charge in [0.25, 0.3) is 0 Å². The molecule has 2 fully saturated rings. The van der Waals surface area contributed by atoms with Crippen molar-refractivity contribution < 1.29 is 0 Å². The summed E-state index contributed by atoms with van der Waals surface area (Å²) in [5, 5.41) is 3.53. The first-order valence-corrected chi connectivity index (χ1v) is 4.70. The van der Waals surface area contributed by atoms with E-state index in [-0.39, 0.29) is 0 Å². The van der Waals surface area contributed by atoms with Crippen molar-refractivity contribution in [3.63, 3.8) is 0 Å². The maximum absolute atomic E-state index is 3.53. The standard InChI is InChI=1S/C10H15N/c1-10-6-11-5-9(10)7-2-3-8(10)4-7/h2-3,7-9,11H,4-6H2,1H3/t7-,8-,9-,10+/m0/s1. The van der Waals surface area contributed by atoms with E-state index in [1.807, 2.05) is 0 Å². The van der Waals surface area contributed by atoms with E-state index in [4.69, 9.17) is 0 Å². The first-order chi connectivity index (χ1) is 5.31. The third kappa shape index (κ3) is 0.572. The SMILES string of the molecule is C[C@]12CNC[C@H]1[C@H]1C=C[C@H]2C1. The maximum atomic E-state index is 3.53. The van der Waals surface area contributed by atoms with Crippen LogP contribution in [-0.2, 0) is 0 Å². The number of fused-ring (bicyclic) bond motifs is 5. The van der Waals surface area contributed by atoms with Gasteiger partial charge in [-0.15, -0.1) is 0 Å². The minimum atomic E-state index is 0.624. The number of hydrogen-bond acceptors (Lipinski definition) is 1. The smallest absolute Gasteiger partial charge is 0.00143 e. The molecule has 0 amide bonds. The van der Waals surface area contributed by atoms with Crippen LogP contribution >= 0.6 is 0 Å². The van der Waals surface area contributed by atoms with E-state index in [9.17, 15) is 0 Å². The molecule has 4 atom stereocenters. The Morgan fingerprint density at radius 1 is 1.45 bits per heavy atom. The van der Waals surface area contributed by atoms with Gasteiger partial charge in [0.1, 0.15) is 0 Å². The molecule has 11 heavy (non-hydrogen) atoms. The average Bonchev–Trinajstić information content (AvgIpc) is 2.54. The van der Waals surface area contributed by atoms with Crippen LogP contribution in [0.15, 0.2) is 12.2 Å². The van der Waals surface area contributed by atoms with Crippen molar-refractivity contribution in [1.82, 2.24) is 5.32 Å². The van der Waals surface area contributed by atoms with Crippen molar-refractivity contribution in [3.05, 3.63) is 12.2 Å². The molecule has 3 rings (SSSR count). The summed E-state index contributed by atoms with van der Waals surface area (Å²) in [5.74, 6) is 2.77. The second-order valence-electron chi connectivity index (χ2n) is 4.63. The first-order valence-electron chi connectivity index (χ1n) is 4.70. The number of rotatable bonds is 0. The molecule has 2 bridgehead atoms. The summed E-state index contributed by atoms with van der Waals surface area (Å²) in [6.07, 6.45) is 6.35. The molecular formula is C10H15N. The van der Waals surface area contributed by atoms with Crippen molar-refractivity contribution in [2.24, 2.45) is 23.2 Å². The molecule has 0 spiro atoms. The number of allylic oxidation sites excluding steroid dienone is 2. The normalized spacial score (nSPS) is 58.8. The Kier molecular flexibility index (Phi) is 0.972. The van der Waals surface area contributed by atoms with Crippen molar-refractivity contribution in [2.45, 2.75) is 13.3 Å². The molecule has 1 heterocycles. The molecule has 1 heteroatoms. The molecule has 0 aromatic heterocycles. The summed E-state index contributed by atoms with van der Waals surface area (Å²) < 4.78 is 0. The number of nitrogens with one attached hydrogen (secondary N) is 1. The van der Waals surface area contributed by atoms with Crippen LogP contribution < -0.4 is 5.32 Å². The lowest BCUT2D eigenvalue weighted by Gasteiger charge is -2.31. The van der Waals surface area contributed by atoms with Crippen LogP contribution in [0.3, 0.4) is 0 Å². The van der Waals surface area contributed by atoms with Gasteiger partial charge >= 0.3 is 0 Å². The molecule has 1 aliphatic heterocycles. The summed E-state index contributed by atoms with van der Waals surface area (Å²) >= 11 is 0. The van der Waals surface area contributed by atoms with Crippen molar-refractivity contribution >= 4 is 0 Å². The highest BCUT2D eigenvalue weighted by molar-refractivity contribution is 5.20. The van der Waals surface area contributed by atoms with Crippen molar-refractivity contribution in [2.75, 3.05) is 13.1 Å². The molecule has 1 N–H and O–H groups in total. The van der Waals surface area contributed by atoms with Crippen LogP contribution in [0.1, 0.15) is 13.3 Å². The van der Waals surface area contributed by atoms with E-state index < -0.39 is 0 Å². The second kappa shape index (κ2) is 1.71. The zero-order valence-electron chi connectivity index (χ0n) is 7.01. The molecule has 3 aliphatic rings. The van der Waals surface area contributed by atoms with Gasteiger partial charge in [-0.1, -0.05) is 19.1 Å². The van der Waals surface area contributed by atoms with Gasteiger partial charge < -0.3 is 5.32 Å². The predicted molar refractivity (Wildman–Crippen MR) is 45.2 cm³/mol. The van der Waals surface area contributed by atoms with Gasteiger partial charge in [0.2, 0.25) is 0 Å². The Morgan fingerprint density at radius 2 is 2.36 bits per heavy atom. The fraction of sp³-hybridized carbons (Fsp3) is 0.800. The summed E-state index contributed by atoms with van der Waals surface area (Å²) in [6.45, 7) is 4.98. The predicted octanol–water partition coefficient (Wildman–Crippen LogP) is 1.42. The third-order valence-corrected chi connectivity index (χ3v) is 4.20. The Hall–Kier alpha value is -0.300. The van der Waals surface area contributed by atoms with Crippen LogP contribution in [0.2, 0.25) is 0 Å². The molecule has 1 nitrogen and oxygen atoms in total. The van der Waals surface area contributed by atoms with E-state index in [2.05, 4.69) is 24.4 Å². The highest BCUT2D eigenvalue weighted by Gasteiger charge is 2.54. The highest BCUT2D eigenvalue weighted by Crippen LogP contribution is 2.57. The van der Waals surface area contributed by atoms with Crippen molar-refractivity contribution in [3.8, 4) is 0 Å². The quantitative estimate of drug-likeness (QED) is 0.514. The van der Waals surface area contributed by atoms with Gasteiger partial charge in [-0.05, 0) is 36.1 Å². The minimum Gasteiger partial charge on any atom is -0.316 e. The lowest BCUT2D eigenvalue weighted by Crippen LogP contribution is -2.30. The van der Waals surface area contributed by atoms with E-state index in [1.54, 1.807) is 0 Å². The zero-order chi connectivity index (χ0) is 7.47. The molecule has 0 radical (unpaired) electrons. The fourth-order valence-corrected chi connectivity index (χ4v) is 3.42. The first kappa shape index (κ1) is 6.24. The molecule has 2 aliphatic carbocycles. The second-order valence-corrected chi connectivity index (χ2v) is 4.63. The van der Waals surface area contributed by atoms with Gasteiger partial charge in [-0.2, -0.15) is 0 Å².